The Kier molecular flexibility index (Phi) is 8.85. The van der Waals surface area contributed by atoms with E-state index in [1.54, 1.807) is 0 Å². The summed E-state index contributed by atoms with van der Waals surface area (Å²) in [7, 11) is 0. The van der Waals surface area contributed by atoms with Crippen LogP contribution in [0.3, 0.4) is 0 Å². The van der Waals surface area contributed by atoms with E-state index in [2.05, 4.69) is 15.3 Å². The van der Waals surface area contributed by atoms with Crippen molar-refractivity contribution in [1.29, 1.82) is 0 Å². The summed E-state index contributed by atoms with van der Waals surface area (Å²) in [6.07, 6.45) is 7.35. The van der Waals surface area contributed by atoms with Crippen LogP contribution in [-0.2, 0) is 20.9 Å². The predicted molar refractivity (Wildman–Crippen MR) is 159 cm³/mol. The van der Waals surface area contributed by atoms with Crippen molar-refractivity contribution in [2.45, 2.75) is 110 Å². The van der Waals surface area contributed by atoms with Gasteiger partial charge >= 0.3 is 17.8 Å². The minimum absolute atomic E-state index is 0.0964. The highest BCUT2D eigenvalue weighted by Crippen LogP contribution is 2.57. The quantitative estimate of drug-likeness (QED) is 0.533. The minimum atomic E-state index is -0.926. The predicted octanol–water partition coefficient (Wildman–Crippen LogP) is 2.88. The molecule has 2 amide bonds. The molecule has 5 rings (SSSR count). The van der Waals surface area contributed by atoms with Crippen LogP contribution in [0.2, 0.25) is 0 Å². The van der Waals surface area contributed by atoms with Crippen molar-refractivity contribution in [3.05, 3.63) is 22.5 Å². The summed E-state index contributed by atoms with van der Waals surface area (Å²) in [6.45, 7) is 9.52. The first kappa shape index (κ1) is 31.0. The second-order valence-corrected chi connectivity index (χ2v) is 13.7. The topological polar surface area (TPSA) is 159 Å². The van der Waals surface area contributed by atoms with E-state index >= 15 is 0 Å². The number of aromatic nitrogens is 3. The number of hydrogen-bond donors (Lipinski definition) is 2. The van der Waals surface area contributed by atoms with Crippen LogP contribution < -0.4 is 21.5 Å². The van der Waals surface area contributed by atoms with Gasteiger partial charge in [-0.15, -0.1) is 0 Å². The molecule has 1 aromatic rings. The Bertz CT molecular complexity index is 1320. The molecule has 0 radical (unpaired) electrons. The number of nitrogens with one attached hydrogen (secondary N) is 1. The SMILES string of the molecule is CC[C@@H]1[C@@H]2CN(C(=O)[C@H](C(C)(C)C)NC(=O)O[C@@H]3CC4CC4[C@H]3CCCCCn3c(nc(C=CN)nc3=O)O2)[C@@H]1C(C)=O. The van der Waals surface area contributed by atoms with Gasteiger partial charge in [-0.2, -0.15) is 9.97 Å². The Labute approximate surface area is 252 Å². The maximum Gasteiger partial charge on any atom is 0.408 e. The lowest BCUT2D eigenvalue weighted by Crippen LogP contribution is -2.57. The highest BCUT2D eigenvalue weighted by atomic mass is 16.6. The molecule has 3 N–H and O–H groups in total. The number of carbonyl (C=O) groups is 3. The molecule has 2 saturated carbocycles. The number of nitrogens with zero attached hydrogens (tertiary/aromatic N) is 4. The number of rotatable bonds is 3. The molecule has 8 atom stereocenters. The zero-order valence-electron chi connectivity index (χ0n) is 26.0. The highest BCUT2D eigenvalue weighted by molar-refractivity contribution is 5.92. The van der Waals surface area contributed by atoms with Crippen LogP contribution in [0.25, 0.3) is 6.08 Å². The molecule has 236 valence electrons. The first-order chi connectivity index (χ1) is 20.4. The average Bonchev–Trinajstić information content (AvgIpc) is 3.46. The van der Waals surface area contributed by atoms with E-state index in [0.717, 1.165) is 25.7 Å². The molecular weight excluding hydrogens is 552 g/mol. The van der Waals surface area contributed by atoms with Crippen LogP contribution in [0, 0.1) is 29.1 Å². The van der Waals surface area contributed by atoms with Crippen LogP contribution in [0.15, 0.2) is 11.0 Å². The fraction of sp³-hybridized carbons (Fsp3) is 0.742. The van der Waals surface area contributed by atoms with Gasteiger partial charge in [-0.3, -0.25) is 9.59 Å². The highest BCUT2D eigenvalue weighted by Gasteiger charge is 2.55. The van der Waals surface area contributed by atoms with Crippen molar-refractivity contribution in [3.63, 3.8) is 0 Å². The van der Waals surface area contributed by atoms with E-state index < -0.39 is 35.4 Å². The van der Waals surface area contributed by atoms with Gasteiger partial charge in [0.25, 0.3) is 0 Å². The fourth-order valence-corrected chi connectivity index (χ4v) is 7.52. The van der Waals surface area contributed by atoms with E-state index in [1.165, 1.54) is 35.1 Å². The smallest absolute Gasteiger partial charge is 0.408 e. The number of ether oxygens (including phenoxy) is 2. The minimum Gasteiger partial charge on any atom is -0.459 e. The van der Waals surface area contributed by atoms with Crippen molar-refractivity contribution in [1.82, 2.24) is 24.8 Å². The molecule has 2 bridgehead atoms. The Balaban J connectivity index is 1.53. The maximum absolute atomic E-state index is 14.2. The molecule has 1 saturated heterocycles. The monoisotopic (exact) mass is 598 g/mol. The molecule has 1 aromatic heterocycles. The van der Waals surface area contributed by atoms with Crippen molar-refractivity contribution >= 4 is 23.9 Å². The summed E-state index contributed by atoms with van der Waals surface area (Å²) in [5.74, 6) is 0.695. The van der Waals surface area contributed by atoms with E-state index in [0.29, 0.717) is 31.2 Å². The standard InChI is InChI=1S/C31H46N6O6/c1-6-19-23-16-37(25(19)17(2)38)27(39)26(31(3,4)5)35-30(41)43-22-15-18-14-21(18)20(22)10-8-7-9-13-36-28(40)33-24(11-12-32)34-29(36)42-23/h11-12,18-23,25-26H,6-10,13-16,32H2,1-5H3,(H,35,41)/t18?,19-,20-,21?,22-,23+,25-,26-/m1/s1. The molecule has 0 aromatic carbocycles. The number of carbonyl (C=O) groups excluding carboxylic acids is 3. The second kappa shape index (κ2) is 12.3. The summed E-state index contributed by atoms with van der Waals surface area (Å²) in [6, 6.07) is -1.59. The molecule has 3 fully saturated rings. The third-order valence-corrected chi connectivity index (χ3v) is 9.74. The Hall–Kier alpha value is -3.44. The molecule has 12 nitrogen and oxygen atoms in total. The largest absolute Gasteiger partial charge is 0.459 e. The molecular formula is C31H46N6O6. The molecule has 43 heavy (non-hydrogen) atoms. The van der Waals surface area contributed by atoms with Gasteiger partial charge in [0.15, 0.2) is 11.6 Å². The molecule has 2 unspecified atom stereocenters. The van der Waals surface area contributed by atoms with Gasteiger partial charge in [0.2, 0.25) is 5.91 Å². The average molecular weight is 599 g/mol. The van der Waals surface area contributed by atoms with Crippen LogP contribution in [-0.4, -0.2) is 68.1 Å². The molecule has 2 aliphatic carbocycles. The Morgan fingerprint density at radius 3 is 2.51 bits per heavy atom. The summed E-state index contributed by atoms with van der Waals surface area (Å²) in [5, 5.41) is 2.88. The molecule has 4 aliphatic rings. The van der Waals surface area contributed by atoms with Crippen LogP contribution >= 0.6 is 0 Å². The van der Waals surface area contributed by atoms with Gasteiger partial charge in [-0.05, 0) is 74.5 Å². The van der Waals surface area contributed by atoms with Gasteiger partial charge in [0.1, 0.15) is 18.2 Å². The molecule has 2 aliphatic heterocycles. The van der Waals surface area contributed by atoms with Gasteiger partial charge in [0.05, 0.1) is 12.6 Å². The van der Waals surface area contributed by atoms with Crippen LogP contribution in [0.5, 0.6) is 6.01 Å². The van der Waals surface area contributed by atoms with Crippen molar-refractivity contribution < 1.29 is 23.9 Å². The van der Waals surface area contributed by atoms with Crippen molar-refractivity contribution in [2.75, 3.05) is 6.54 Å². The van der Waals surface area contributed by atoms with Crippen LogP contribution in [0.4, 0.5) is 4.79 Å². The Morgan fingerprint density at radius 2 is 1.84 bits per heavy atom. The summed E-state index contributed by atoms with van der Waals surface area (Å²) < 4.78 is 13.9. The summed E-state index contributed by atoms with van der Waals surface area (Å²) in [4.78, 5) is 63.8. The summed E-state index contributed by atoms with van der Waals surface area (Å²) >= 11 is 0. The second-order valence-electron chi connectivity index (χ2n) is 13.7. The number of Topliss-reactive ketones (excluding diaryl/α,β-unsaturated/α-hetero) is 1. The van der Waals surface area contributed by atoms with Gasteiger partial charge in [-0.25, -0.2) is 14.2 Å². The van der Waals surface area contributed by atoms with Gasteiger partial charge in [0, 0.05) is 12.5 Å². The van der Waals surface area contributed by atoms with Gasteiger partial charge < -0.3 is 25.4 Å². The number of nitrogens with two attached hydrogens (primary N) is 1. The van der Waals surface area contributed by atoms with Gasteiger partial charge in [-0.1, -0.05) is 40.5 Å². The van der Waals surface area contributed by atoms with Crippen LogP contribution in [0.1, 0.15) is 85.4 Å². The first-order valence-corrected chi connectivity index (χ1v) is 15.7. The zero-order chi connectivity index (χ0) is 31.1. The Morgan fingerprint density at radius 1 is 1.07 bits per heavy atom. The van der Waals surface area contributed by atoms with E-state index in [1.807, 2.05) is 27.7 Å². The maximum atomic E-state index is 14.2. The number of hydrogen-bond acceptors (Lipinski definition) is 9. The molecule has 3 heterocycles. The third kappa shape index (κ3) is 6.43. The normalized spacial score (nSPS) is 33.4. The lowest BCUT2D eigenvalue weighted by atomic mass is 9.85. The summed E-state index contributed by atoms with van der Waals surface area (Å²) in [5.41, 5.74) is 4.41. The number of ketones is 1. The lowest BCUT2D eigenvalue weighted by molar-refractivity contribution is -0.141. The number of alkyl carbamates (subject to hydrolysis) is 1. The van der Waals surface area contributed by atoms with Crippen molar-refractivity contribution in [3.8, 4) is 6.01 Å². The lowest BCUT2D eigenvalue weighted by Gasteiger charge is -2.36. The number of fused-ring (bicyclic) bond motifs is 6. The fourth-order valence-electron chi connectivity index (χ4n) is 7.52. The first-order valence-electron chi connectivity index (χ1n) is 15.7. The van der Waals surface area contributed by atoms with E-state index in [-0.39, 0.29) is 48.0 Å². The number of amides is 2. The van der Waals surface area contributed by atoms with Crippen molar-refractivity contribution in [2.24, 2.45) is 34.8 Å². The van der Waals surface area contributed by atoms with E-state index in [9.17, 15) is 19.2 Å². The molecule has 0 spiro atoms. The zero-order valence-corrected chi connectivity index (χ0v) is 26.0. The molecule has 12 heteroatoms. The van der Waals surface area contributed by atoms with E-state index in [4.69, 9.17) is 15.2 Å². The third-order valence-electron chi connectivity index (χ3n) is 9.74.